The summed E-state index contributed by atoms with van der Waals surface area (Å²) in [5, 5.41) is 6.92. The molecule has 2 aromatic carbocycles. The van der Waals surface area contributed by atoms with Gasteiger partial charge in [0.25, 0.3) is 0 Å². The minimum atomic E-state index is 0.743. The number of fused-ring (bicyclic) bond motifs is 1. The number of aryl methyl sites for hydroxylation is 1. The normalized spacial score (nSPS) is 13.7. The van der Waals surface area contributed by atoms with Crippen LogP contribution < -0.4 is 10.4 Å². The molecule has 0 fully saturated rings. The van der Waals surface area contributed by atoms with Crippen molar-refractivity contribution in [3.63, 3.8) is 0 Å². The van der Waals surface area contributed by atoms with Crippen molar-refractivity contribution in [3.05, 3.63) is 100 Å². The Kier molecular flexibility index (Phi) is 5.67. The Balaban J connectivity index is 1.95. The smallest absolute Gasteiger partial charge is 0.162 e. The van der Waals surface area contributed by atoms with E-state index in [4.69, 9.17) is 12.8 Å². The average molecular weight is 389 g/mol. The van der Waals surface area contributed by atoms with Gasteiger partial charge in [0, 0.05) is 23.5 Å². The zero-order valence-electron chi connectivity index (χ0n) is 17.6. The first kappa shape index (κ1) is 19.9. The van der Waals surface area contributed by atoms with Gasteiger partial charge in [0.15, 0.2) is 5.65 Å². The van der Waals surface area contributed by atoms with E-state index in [2.05, 4.69) is 73.6 Å². The molecule has 146 valence electrons. The first-order valence-electron chi connectivity index (χ1n) is 10.2. The molecule has 0 atom stereocenters. The molecule has 0 aliphatic carbocycles. The number of nitrogens with zero attached hydrogens (tertiary/aromatic N) is 3. The van der Waals surface area contributed by atoms with Gasteiger partial charge in [0.1, 0.15) is 7.85 Å². The van der Waals surface area contributed by atoms with E-state index in [1.807, 2.05) is 36.1 Å². The topological polar surface area (TPSA) is 30.2 Å². The summed E-state index contributed by atoms with van der Waals surface area (Å²) < 4.78 is 1.84. The molecule has 0 N–H and O–H groups in total. The van der Waals surface area contributed by atoms with E-state index in [0.29, 0.717) is 0 Å². The maximum absolute atomic E-state index is 6.10. The molecule has 0 aliphatic heterocycles. The highest BCUT2D eigenvalue weighted by Gasteiger charge is 2.11. The number of benzene rings is 2. The van der Waals surface area contributed by atoms with E-state index < -0.39 is 0 Å². The lowest BCUT2D eigenvalue weighted by Gasteiger charge is -2.06. The van der Waals surface area contributed by atoms with Crippen molar-refractivity contribution in [1.82, 2.24) is 14.6 Å². The van der Waals surface area contributed by atoms with Gasteiger partial charge >= 0.3 is 0 Å². The molecular weight excluding hydrogens is 365 g/mol. The summed E-state index contributed by atoms with van der Waals surface area (Å²) in [5.41, 5.74) is 6.94. The van der Waals surface area contributed by atoms with Gasteiger partial charge in [-0.25, -0.2) is 9.50 Å². The van der Waals surface area contributed by atoms with Gasteiger partial charge in [-0.2, -0.15) is 5.10 Å². The Bertz CT molecular complexity index is 1340. The lowest BCUT2D eigenvalue weighted by atomic mass is 9.92. The van der Waals surface area contributed by atoms with Crippen molar-refractivity contribution in [2.45, 2.75) is 27.2 Å². The zero-order chi connectivity index (χ0) is 21.1. The molecule has 2 heterocycles. The molecule has 0 unspecified atom stereocenters. The zero-order valence-corrected chi connectivity index (χ0v) is 17.6. The van der Waals surface area contributed by atoms with E-state index in [0.717, 1.165) is 45.0 Å². The summed E-state index contributed by atoms with van der Waals surface area (Å²) in [5.74, 6) is 0. The fourth-order valence-corrected chi connectivity index (χ4v) is 3.63. The molecule has 30 heavy (non-hydrogen) atoms. The third-order valence-electron chi connectivity index (χ3n) is 5.08. The molecule has 0 spiro atoms. The molecular formula is C26H24BN3. The van der Waals surface area contributed by atoms with Gasteiger partial charge in [-0.3, -0.25) is 0 Å². The van der Waals surface area contributed by atoms with Crippen molar-refractivity contribution >= 4 is 25.1 Å². The quantitative estimate of drug-likeness (QED) is 0.491. The van der Waals surface area contributed by atoms with Crippen LogP contribution in [0, 0.1) is 6.92 Å². The molecule has 0 saturated carbocycles. The van der Waals surface area contributed by atoms with Crippen molar-refractivity contribution in [2.75, 3.05) is 0 Å². The Morgan fingerprint density at radius 2 is 1.80 bits per heavy atom. The number of rotatable bonds is 4. The minimum Gasteiger partial charge on any atom is -0.236 e. The summed E-state index contributed by atoms with van der Waals surface area (Å²) in [6.45, 7) is 6.13. The Labute approximate surface area is 178 Å². The van der Waals surface area contributed by atoms with Gasteiger partial charge in [-0.1, -0.05) is 80.1 Å². The van der Waals surface area contributed by atoms with Gasteiger partial charge in [-0.05, 0) is 34.9 Å². The summed E-state index contributed by atoms with van der Waals surface area (Å²) >= 11 is 0. The van der Waals surface area contributed by atoms with E-state index in [1.54, 1.807) is 0 Å². The molecule has 4 aromatic rings. The summed E-state index contributed by atoms with van der Waals surface area (Å²) in [4.78, 5) is 4.77. The maximum Gasteiger partial charge on any atom is 0.162 e. The molecule has 0 saturated heterocycles. The second kappa shape index (κ2) is 8.54. The molecule has 4 rings (SSSR count). The SMILES string of the molecule is [B]/C(C)=C/C(c1cnn2cc(-c3ccc(C)cc3)cnc12)=c1/cccc/c1=C\CC. The molecule has 0 amide bonds. The van der Waals surface area contributed by atoms with Crippen molar-refractivity contribution < 1.29 is 0 Å². The third kappa shape index (κ3) is 3.99. The van der Waals surface area contributed by atoms with Crippen LogP contribution in [-0.4, -0.2) is 22.4 Å². The number of hydrogen-bond acceptors (Lipinski definition) is 2. The van der Waals surface area contributed by atoms with Crippen LogP contribution in [-0.2, 0) is 0 Å². The van der Waals surface area contributed by atoms with Crippen LogP contribution in [0.4, 0.5) is 0 Å². The van der Waals surface area contributed by atoms with Crippen LogP contribution in [0.3, 0.4) is 0 Å². The summed E-state index contributed by atoms with van der Waals surface area (Å²) in [6.07, 6.45) is 11.0. The largest absolute Gasteiger partial charge is 0.236 e. The number of aromatic nitrogens is 3. The highest BCUT2D eigenvalue weighted by atomic mass is 15.2. The third-order valence-corrected chi connectivity index (χ3v) is 5.08. The number of allylic oxidation sites excluding steroid dienone is 2. The predicted molar refractivity (Wildman–Crippen MR) is 126 cm³/mol. The highest BCUT2D eigenvalue weighted by molar-refractivity contribution is 6.22. The Morgan fingerprint density at radius 1 is 1.03 bits per heavy atom. The van der Waals surface area contributed by atoms with Crippen molar-refractivity contribution in [2.24, 2.45) is 0 Å². The second-order valence-electron chi connectivity index (χ2n) is 7.54. The molecule has 2 radical (unpaired) electrons. The van der Waals surface area contributed by atoms with Crippen molar-refractivity contribution in [3.8, 4) is 11.1 Å². The molecule has 0 aliphatic rings. The first-order valence-corrected chi connectivity index (χ1v) is 10.2. The van der Waals surface area contributed by atoms with Crippen LogP contribution in [0.15, 0.2) is 78.7 Å². The van der Waals surface area contributed by atoms with E-state index in [-0.39, 0.29) is 0 Å². The standard InChI is InChI=1S/C26H24BN3/c1-4-7-21-8-5-6-9-23(21)24(14-19(3)27)25-16-29-30-17-22(15-28-26(25)30)20-12-10-18(2)11-13-20/h5-17H,4H2,1-3H3/b19-14+,21-7+,24-23+. The summed E-state index contributed by atoms with van der Waals surface area (Å²) in [6, 6.07) is 16.8. The van der Waals surface area contributed by atoms with Crippen LogP contribution in [0.2, 0.25) is 0 Å². The fourth-order valence-electron chi connectivity index (χ4n) is 3.63. The average Bonchev–Trinajstić information content (AvgIpc) is 3.16. The van der Waals surface area contributed by atoms with Gasteiger partial charge in [-0.15, -0.1) is 5.47 Å². The fraction of sp³-hybridized carbons (Fsp3) is 0.154. The highest BCUT2D eigenvalue weighted by Crippen LogP contribution is 2.23. The molecule has 3 nitrogen and oxygen atoms in total. The number of hydrogen-bond donors (Lipinski definition) is 0. The summed E-state index contributed by atoms with van der Waals surface area (Å²) in [7, 11) is 6.10. The Morgan fingerprint density at radius 3 is 2.53 bits per heavy atom. The lowest BCUT2D eigenvalue weighted by Crippen LogP contribution is -2.26. The van der Waals surface area contributed by atoms with E-state index in [1.165, 1.54) is 10.8 Å². The van der Waals surface area contributed by atoms with Crippen LogP contribution in [0.1, 0.15) is 31.4 Å². The van der Waals surface area contributed by atoms with Gasteiger partial charge < -0.3 is 0 Å². The first-order chi connectivity index (χ1) is 14.6. The second-order valence-corrected chi connectivity index (χ2v) is 7.54. The van der Waals surface area contributed by atoms with Gasteiger partial charge in [0.05, 0.1) is 6.20 Å². The monoisotopic (exact) mass is 389 g/mol. The van der Waals surface area contributed by atoms with E-state index >= 15 is 0 Å². The predicted octanol–water partition coefficient (Wildman–Crippen LogP) is 4.17. The van der Waals surface area contributed by atoms with Crippen LogP contribution >= 0.6 is 0 Å². The van der Waals surface area contributed by atoms with E-state index in [9.17, 15) is 0 Å². The van der Waals surface area contributed by atoms with Crippen LogP contribution in [0.25, 0.3) is 28.4 Å². The molecule has 0 bridgehead atoms. The lowest BCUT2D eigenvalue weighted by molar-refractivity contribution is 0.941. The Hall–Kier alpha value is -3.40. The van der Waals surface area contributed by atoms with Crippen LogP contribution in [0.5, 0.6) is 0 Å². The minimum absolute atomic E-state index is 0.743. The van der Waals surface area contributed by atoms with Crippen molar-refractivity contribution in [1.29, 1.82) is 0 Å². The molecule has 2 aromatic heterocycles. The molecule has 4 heteroatoms. The van der Waals surface area contributed by atoms with Gasteiger partial charge in [0.2, 0.25) is 0 Å². The maximum atomic E-state index is 6.10.